The lowest BCUT2D eigenvalue weighted by Gasteiger charge is -2.32. The Hall–Kier alpha value is -1.23. The van der Waals surface area contributed by atoms with E-state index in [-0.39, 0.29) is 5.84 Å². The van der Waals surface area contributed by atoms with Crippen LogP contribution in [-0.4, -0.2) is 24.6 Å². The van der Waals surface area contributed by atoms with E-state index < -0.39 is 0 Å². The summed E-state index contributed by atoms with van der Waals surface area (Å²) in [6, 6.07) is 5.86. The Morgan fingerprint density at radius 2 is 2.28 bits per heavy atom. The summed E-state index contributed by atoms with van der Waals surface area (Å²) in [5, 5.41) is 12.0. The van der Waals surface area contributed by atoms with Gasteiger partial charge in [0.15, 0.2) is 5.84 Å². The molecule has 3 N–H and O–H groups in total. The highest BCUT2D eigenvalue weighted by atomic mass is 79.9. The molecule has 0 heterocycles. The summed E-state index contributed by atoms with van der Waals surface area (Å²) in [5.74, 6) is 0.909. The summed E-state index contributed by atoms with van der Waals surface area (Å²) in [6.45, 7) is 1.02. The number of benzene rings is 1. The SMILES string of the molecule is CN(CC1CCC1)c1cccc(Br)c1/C(N)=N/O. The summed E-state index contributed by atoms with van der Waals surface area (Å²) in [7, 11) is 2.05. The molecular weight excluding hydrogens is 294 g/mol. The number of hydrogen-bond acceptors (Lipinski definition) is 3. The minimum atomic E-state index is 0.137. The molecule has 0 amide bonds. The molecule has 18 heavy (non-hydrogen) atoms. The largest absolute Gasteiger partial charge is 0.409 e. The van der Waals surface area contributed by atoms with Crippen molar-refractivity contribution in [2.45, 2.75) is 19.3 Å². The third-order valence-corrected chi connectivity index (χ3v) is 4.18. The van der Waals surface area contributed by atoms with Crippen LogP contribution in [0.2, 0.25) is 0 Å². The van der Waals surface area contributed by atoms with Gasteiger partial charge in [-0.2, -0.15) is 0 Å². The molecule has 0 radical (unpaired) electrons. The molecule has 1 aliphatic rings. The van der Waals surface area contributed by atoms with Crippen molar-refractivity contribution in [3.8, 4) is 0 Å². The van der Waals surface area contributed by atoms with Gasteiger partial charge in [-0.25, -0.2) is 0 Å². The maximum Gasteiger partial charge on any atom is 0.173 e. The maximum atomic E-state index is 8.88. The van der Waals surface area contributed by atoms with Crippen molar-refractivity contribution in [1.82, 2.24) is 0 Å². The van der Waals surface area contributed by atoms with Gasteiger partial charge in [-0.05, 0) is 46.8 Å². The quantitative estimate of drug-likeness (QED) is 0.389. The van der Waals surface area contributed by atoms with Gasteiger partial charge in [0.1, 0.15) is 0 Å². The summed E-state index contributed by atoms with van der Waals surface area (Å²) < 4.78 is 0.843. The molecule has 0 aliphatic heterocycles. The smallest absolute Gasteiger partial charge is 0.173 e. The number of halogens is 1. The molecule has 1 fully saturated rings. The van der Waals surface area contributed by atoms with Crippen molar-refractivity contribution in [3.63, 3.8) is 0 Å². The topological polar surface area (TPSA) is 61.8 Å². The van der Waals surface area contributed by atoms with Crippen molar-refractivity contribution in [3.05, 3.63) is 28.2 Å². The second-order valence-electron chi connectivity index (χ2n) is 4.80. The van der Waals surface area contributed by atoms with Gasteiger partial charge >= 0.3 is 0 Å². The zero-order chi connectivity index (χ0) is 13.1. The first kappa shape index (κ1) is 13.2. The van der Waals surface area contributed by atoms with Crippen molar-refractivity contribution in [2.75, 3.05) is 18.5 Å². The molecular formula is C13H18BrN3O. The number of nitrogens with zero attached hydrogens (tertiary/aromatic N) is 2. The van der Waals surface area contributed by atoms with Crippen LogP contribution in [0, 0.1) is 5.92 Å². The lowest BCUT2D eigenvalue weighted by Crippen LogP contribution is -2.31. The fraction of sp³-hybridized carbons (Fsp3) is 0.462. The summed E-state index contributed by atoms with van der Waals surface area (Å²) in [6.07, 6.45) is 3.94. The number of oxime groups is 1. The molecule has 1 saturated carbocycles. The highest BCUT2D eigenvalue weighted by Crippen LogP contribution is 2.31. The first-order chi connectivity index (χ1) is 8.63. The standard InChI is InChI=1S/C13H18BrN3O/c1-17(8-9-4-2-5-9)11-7-3-6-10(14)12(11)13(15)16-18/h3,6-7,9,18H,2,4-5,8H2,1H3,(H2,15,16). The predicted octanol–water partition coefficient (Wildman–Crippen LogP) is 2.78. The highest BCUT2D eigenvalue weighted by molar-refractivity contribution is 9.10. The van der Waals surface area contributed by atoms with Crippen molar-refractivity contribution >= 4 is 27.5 Å². The van der Waals surface area contributed by atoms with Crippen LogP contribution < -0.4 is 10.6 Å². The second-order valence-corrected chi connectivity index (χ2v) is 5.65. The van der Waals surface area contributed by atoms with Gasteiger partial charge in [0.05, 0.1) is 5.56 Å². The van der Waals surface area contributed by atoms with E-state index in [1.807, 2.05) is 25.2 Å². The summed E-state index contributed by atoms with van der Waals surface area (Å²) in [4.78, 5) is 2.18. The van der Waals surface area contributed by atoms with E-state index in [9.17, 15) is 0 Å². The lowest BCUT2D eigenvalue weighted by molar-refractivity contribution is 0.318. The van der Waals surface area contributed by atoms with E-state index in [0.717, 1.165) is 28.2 Å². The monoisotopic (exact) mass is 311 g/mol. The van der Waals surface area contributed by atoms with Crippen molar-refractivity contribution in [1.29, 1.82) is 0 Å². The van der Waals surface area contributed by atoms with Crippen molar-refractivity contribution < 1.29 is 5.21 Å². The number of amidine groups is 1. The number of rotatable bonds is 4. The lowest BCUT2D eigenvalue weighted by atomic mass is 9.85. The Morgan fingerprint density at radius 3 is 2.83 bits per heavy atom. The fourth-order valence-electron chi connectivity index (χ4n) is 2.30. The molecule has 0 unspecified atom stereocenters. The molecule has 1 aromatic carbocycles. The van der Waals surface area contributed by atoms with Crippen molar-refractivity contribution in [2.24, 2.45) is 16.8 Å². The van der Waals surface area contributed by atoms with Crippen LogP contribution >= 0.6 is 15.9 Å². The van der Waals surface area contributed by atoms with E-state index in [2.05, 4.69) is 26.0 Å². The third-order valence-electron chi connectivity index (χ3n) is 3.52. The maximum absolute atomic E-state index is 8.88. The molecule has 1 aromatic rings. The van der Waals surface area contributed by atoms with Gasteiger partial charge in [0, 0.05) is 23.8 Å². The Kier molecular flexibility index (Phi) is 4.11. The fourth-order valence-corrected chi connectivity index (χ4v) is 2.85. The molecule has 2 rings (SSSR count). The van der Waals surface area contributed by atoms with Crippen LogP contribution in [0.5, 0.6) is 0 Å². The van der Waals surface area contributed by atoms with Crippen LogP contribution in [0.3, 0.4) is 0 Å². The van der Waals surface area contributed by atoms with E-state index in [1.54, 1.807) is 0 Å². The summed E-state index contributed by atoms with van der Waals surface area (Å²) >= 11 is 3.46. The van der Waals surface area contributed by atoms with Gasteiger partial charge < -0.3 is 15.8 Å². The minimum Gasteiger partial charge on any atom is -0.409 e. The van der Waals surface area contributed by atoms with E-state index in [0.29, 0.717) is 0 Å². The molecule has 4 nitrogen and oxygen atoms in total. The number of hydrogen-bond donors (Lipinski definition) is 2. The molecule has 5 heteroatoms. The van der Waals surface area contributed by atoms with E-state index in [4.69, 9.17) is 10.9 Å². The van der Waals surface area contributed by atoms with Gasteiger partial charge in [0.25, 0.3) is 0 Å². The first-order valence-corrected chi connectivity index (χ1v) is 6.90. The van der Waals surface area contributed by atoms with Crippen LogP contribution in [0.4, 0.5) is 5.69 Å². The van der Waals surface area contributed by atoms with E-state index in [1.165, 1.54) is 19.3 Å². The Balaban J connectivity index is 2.27. The average molecular weight is 312 g/mol. The first-order valence-electron chi connectivity index (χ1n) is 6.11. The second kappa shape index (κ2) is 5.61. The number of anilines is 1. The zero-order valence-corrected chi connectivity index (χ0v) is 12.0. The third kappa shape index (κ3) is 2.61. The molecule has 0 saturated heterocycles. The van der Waals surface area contributed by atoms with Crippen LogP contribution in [-0.2, 0) is 0 Å². The van der Waals surface area contributed by atoms with Gasteiger partial charge in [-0.1, -0.05) is 17.6 Å². The molecule has 0 bridgehead atoms. The molecule has 0 atom stereocenters. The molecule has 1 aliphatic carbocycles. The number of nitrogens with two attached hydrogens (primary N) is 1. The Labute approximate surface area is 116 Å². The normalized spacial score (nSPS) is 16.4. The molecule has 0 spiro atoms. The minimum absolute atomic E-state index is 0.137. The Morgan fingerprint density at radius 1 is 1.56 bits per heavy atom. The van der Waals surface area contributed by atoms with E-state index >= 15 is 0 Å². The zero-order valence-electron chi connectivity index (χ0n) is 10.4. The predicted molar refractivity (Wildman–Crippen MR) is 77.3 cm³/mol. The van der Waals surface area contributed by atoms with Crippen LogP contribution in [0.25, 0.3) is 0 Å². The van der Waals surface area contributed by atoms with Crippen LogP contribution in [0.1, 0.15) is 24.8 Å². The van der Waals surface area contributed by atoms with Gasteiger partial charge in [-0.3, -0.25) is 0 Å². The Bertz CT molecular complexity index is 458. The average Bonchev–Trinajstić information content (AvgIpc) is 2.32. The van der Waals surface area contributed by atoms with Gasteiger partial charge in [-0.15, -0.1) is 0 Å². The molecule has 98 valence electrons. The van der Waals surface area contributed by atoms with Gasteiger partial charge in [0.2, 0.25) is 0 Å². The molecule has 0 aromatic heterocycles. The highest BCUT2D eigenvalue weighted by Gasteiger charge is 2.21. The van der Waals surface area contributed by atoms with Crippen LogP contribution in [0.15, 0.2) is 27.8 Å². The summed E-state index contributed by atoms with van der Waals surface area (Å²) in [5.41, 5.74) is 7.50.